The molecule has 1 aliphatic heterocycles. The maximum atomic E-state index is 12.1. The third-order valence-electron chi connectivity index (χ3n) is 3.29. The zero-order valence-corrected chi connectivity index (χ0v) is 11.8. The van der Waals surface area contributed by atoms with Gasteiger partial charge in [-0.3, -0.25) is 9.59 Å². The van der Waals surface area contributed by atoms with Crippen LogP contribution in [0.3, 0.4) is 0 Å². The molecule has 2 rings (SSSR count). The highest BCUT2D eigenvalue weighted by Crippen LogP contribution is 2.23. The van der Waals surface area contributed by atoms with E-state index in [9.17, 15) is 9.59 Å². The van der Waals surface area contributed by atoms with Gasteiger partial charge in [0.1, 0.15) is 6.04 Å². The Bertz CT molecular complexity index is 514. The molecule has 2 N–H and O–H groups in total. The molecule has 1 unspecified atom stereocenters. The molecule has 0 bridgehead atoms. The summed E-state index contributed by atoms with van der Waals surface area (Å²) in [4.78, 5) is 23.2. The van der Waals surface area contributed by atoms with E-state index in [1.165, 1.54) is 0 Å². The molecule has 2 amide bonds. The maximum absolute atomic E-state index is 12.1. The minimum atomic E-state index is -0.532. The third-order valence-corrected chi connectivity index (χ3v) is 3.53. The van der Waals surface area contributed by atoms with Crippen LogP contribution < -0.4 is 10.6 Å². The van der Waals surface area contributed by atoms with Crippen molar-refractivity contribution in [3.63, 3.8) is 0 Å². The van der Waals surface area contributed by atoms with Gasteiger partial charge in [-0.15, -0.1) is 0 Å². The molecular formula is C14H17ClN2O2. The Morgan fingerprint density at radius 1 is 1.47 bits per heavy atom. The highest BCUT2D eigenvalue weighted by atomic mass is 35.5. The Morgan fingerprint density at radius 3 is 2.79 bits per heavy atom. The Kier molecular flexibility index (Phi) is 3.80. The van der Waals surface area contributed by atoms with E-state index in [0.717, 1.165) is 5.56 Å². The van der Waals surface area contributed by atoms with E-state index >= 15 is 0 Å². The fourth-order valence-corrected chi connectivity index (χ4v) is 2.35. The molecule has 0 radical (unpaired) electrons. The van der Waals surface area contributed by atoms with Crippen molar-refractivity contribution in [1.82, 2.24) is 10.6 Å². The predicted octanol–water partition coefficient (Wildman–Crippen LogP) is 1.97. The Labute approximate surface area is 117 Å². The van der Waals surface area contributed by atoms with Crippen LogP contribution in [0.15, 0.2) is 24.3 Å². The van der Waals surface area contributed by atoms with E-state index in [2.05, 4.69) is 10.6 Å². The van der Waals surface area contributed by atoms with Crippen LogP contribution in [0.2, 0.25) is 5.02 Å². The number of benzene rings is 1. The molecule has 1 saturated heterocycles. The van der Waals surface area contributed by atoms with Crippen LogP contribution in [0, 0.1) is 0 Å². The fraction of sp³-hybridized carbons (Fsp3) is 0.429. The fourth-order valence-electron chi connectivity index (χ4n) is 2.16. The quantitative estimate of drug-likeness (QED) is 0.889. The standard InChI is InChI=1S/C14H17ClN2O2/c1-14(2,9-4-3-5-10(15)8-9)17-13(19)11-6-7-12(18)16-11/h3-5,8,11H,6-7H2,1-2H3,(H,16,18)(H,17,19). The van der Waals surface area contributed by atoms with E-state index in [1.807, 2.05) is 32.0 Å². The van der Waals surface area contributed by atoms with Crippen molar-refractivity contribution in [2.24, 2.45) is 0 Å². The number of carbonyl (C=O) groups is 2. The topological polar surface area (TPSA) is 58.2 Å². The lowest BCUT2D eigenvalue weighted by molar-refractivity contribution is -0.127. The van der Waals surface area contributed by atoms with Gasteiger partial charge in [0.15, 0.2) is 0 Å². The van der Waals surface area contributed by atoms with Crippen molar-refractivity contribution >= 4 is 23.4 Å². The second kappa shape index (κ2) is 5.21. The van der Waals surface area contributed by atoms with Crippen LogP contribution in [0.4, 0.5) is 0 Å². The van der Waals surface area contributed by atoms with Gasteiger partial charge in [-0.05, 0) is 38.0 Å². The largest absolute Gasteiger partial charge is 0.345 e. The highest BCUT2D eigenvalue weighted by Gasteiger charge is 2.31. The summed E-state index contributed by atoms with van der Waals surface area (Å²) in [5.41, 5.74) is 0.396. The molecule has 1 heterocycles. The molecule has 1 aliphatic rings. The third kappa shape index (κ3) is 3.26. The van der Waals surface area contributed by atoms with E-state index in [1.54, 1.807) is 6.07 Å². The van der Waals surface area contributed by atoms with Gasteiger partial charge in [0.05, 0.1) is 5.54 Å². The summed E-state index contributed by atoms with van der Waals surface area (Å²) in [6.07, 6.45) is 0.964. The van der Waals surface area contributed by atoms with Crippen LogP contribution in [-0.4, -0.2) is 17.9 Å². The van der Waals surface area contributed by atoms with Gasteiger partial charge in [-0.2, -0.15) is 0 Å². The van der Waals surface area contributed by atoms with Crippen molar-refractivity contribution in [2.45, 2.75) is 38.3 Å². The first-order chi connectivity index (χ1) is 8.88. The summed E-state index contributed by atoms with van der Waals surface area (Å²) < 4.78 is 0. The lowest BCUT2D eigenvalue weighted by atomic mass is 9.94. The summed E-state index contributed by atoms with van der Waals surface area (Å²) >= 11 is 5.96. The van der Waals surface area contributed by atoms with Crippen molar-refractivity contribution in [3.05, 3.63) is 34.9 Å². The molecule has 1 fully saturated rings. The zero-order chi connectivity index (χ0) is 14.0. The zero-order valence-electron chi connectivity index (χ0n) is 11.0. The van der Waals surface area contributed by atoms with E-state index in [4.69, 9.17) is 11.6 Å². The molecule has 0 spiro atoms. The van der Waals surface area contributed by atoms with Gasteiger partial charge in [0, 0.05) is 11.4 Å². The highest BCUT2D eigenvalue weighted by molar-refractivity contribution is 6.30. The first kappa shape index (κ1) is 13.9. The van der Waals surface area contributed by atoms with E-state index in [0.29, 0.717) is 17.9 Å². The first-order valence-corrected chi connectivity index (χ1v) is 6.64. The van der Waals surface area contributed by atoms with Gasteiger partial charge in [0.25, 0.3) is 0 Å². The molecule has 1 aromatic rings. The van der Waals surface area contributed by atoms with Gasteiger partial charge in [-0.25, -0.2) is 0 Å². The van der Waals surface area contributed by atoms with Gasteiger partial charge in [-0.1, -0.05) is 23.7 Å². The normalized spacial score (nSPS) is 19.1. The van der Waals surface area contributed by atoms with Crippen LogP contribution >= 0.6 is 11.6 Å². The second-order valence-corrected chi connectivity index (χ2v) is 5.72. The number of amides is 2. The van der Waals surface area contributed by atoms with Crippen molar-refractivity contribution in [2.75, 3.05) is 0 Å². The number of hydrogen-bond acceptors (Lipinski definition) is 2. The summed E-state index contributed by atoms with van der Waals surface area (Å²) in [7, 11) is 0. The van der Waals surface area contributed by atoms with Crippen molar-refractivity contribution in [1.29, 1.82) is 0 Å². The molecule has 4 nitrogen and oxygen atoms in total. The van der Waals surface area contributed by atoms with E-state index in [-0.39, 0.29) is 11.8 Å². The SMILES string of the molecule is CC(C)(NC(=O)C1CCC(=O)N1)c1cccc(Cl)c1. The summed E-state index contributed by atoms with van der Waals surface area (Å²) in [5.74, 6) is -0.225. The Morgan fingerprint density at radius 2 is 2.21 bits per heavy atom. The lowest BCUT2D eigenvalue weighted by Gasteiger charge is -2.28. The maximum Gasteiger partial charge on any atom is 0.243 e. The summed E-state index contributed by atoms with van der Waals surface area (Å²) in [6.45, 7) is 3.82. The van der Waals surface area contributed by atoms with Crippen molar-refractivity contribution < 1.29 is 9.59 Å². The Hall–Kier alpha value is -1.55. The van der Waals surface area contributed by atoms with Crippen LogP contribution in [-0.2, 0) is 15.1 Å². The molecule has 0 aromatic heterocycles. The molecule has 0 aliphatic carbocycles. The number of halogens is 1. The average Bonchev–Trinajstić information content (AvgIpc) is 2.75. The molecule has 1 aromatic carbocycles. The minimum Gasteiger partial charge on any atom is -0.345 e. The number of nitrogens with one attached hydrogen (secondary N) is 2. The van der Waals surface area contributed by atoms with Crippen LogP contribution in [0.1, 0.15) is 32.3 Å². The molecule has 1 atom stereocenters. The van der Waals surface area contributed by atoms with Gasteiger partial charge in [0.2, 0.25) is 11.8 Å². The average molecular weight is 281 g/mol. The smallest absolute Gasteiger partial charge is 0.243 e. The number of hydrogen-bond donors (Lipinski definition) is 2. The minimum absolute atomic E-state index is 0.0688. The van der Waals surface area contributed by atoms with Crippen LogP contribution in [0.25, 0.3) is 0 Å². The molecule has 5 heteroatoms. The Balaban J connectivity index is 2.08. The molecular weight excluding hydrogens is 264 g/mol. The number of carbonyl (C=O) groups excluding carboxylic acids is 2. The first-order valence-electron chi connectivity index (χ1n) is 6.26. The molecule has 102 valence electrons. The molecule has 0 saturated carbocycles. The summed E-state index contributed by atoms with van der Waals surface area (Å²) in [6, 6.07) is 6.96. The molecule has 19 heavy (non-hydrogen) atoms. The second-order valence-electron chi connectivity index (χ2n) is 5.28. The van der Waals surface area contributed by atoms with E-state index < -0.39 is 11.6 Å². The van der Waals surface area contributed by atoms with Gasteiger partial charge < -0.3 is 10.6 Å². The number of rotatable bonds is 3. The lowest BCUT2D eigenvalue weighted by Crippen LogP contribution is -2.49. The summed E-state index contributed by atoms with van der Waals surface area (Å²) in [5, 5.41) is 6.25. The monoisotopic (exact) mass is 280 g/mol. The predicted molar refractivity (Wildman–Crippen MR) is 73.8 cm³/mol. The van der Waals surface area contributed by atoms with Crippen LogP contribution in [0.5, 0.6) is 0 Å². The van der Waals surface area contributed by atoms with Gasteiger partial charge >= 0.3 is 0 Å². The van der Waals surface area contributed by atoms with Crippen molar-refractivity contribution in [3.8, 4) is 0 Å².